The Balaban J connectivity index is 0.00000200. The second-order valence-electron chi connectivity index (χ2n) is 4.96. The van der Waals surface area contributed by atoms with Crippen LogP contribution in [0.2, 0.25) is 0 Å². The van der Waals surface area contributed by atoms with Crippen LogP contribution in [0.3, 0.4) is 0 Å². The molecule has 112 valence electrons. The topological polar surface area (TPSA) is 55.6 Å². The van der Waals surface area contributed by atoms with Crippen LogP contribution in [-0.2, 0) is 9.53 Å². The number of ether oxygens (including phenoxy) is 1. The van der Waals surface area contributed by atoms with Crippen LogP contribution in [0, 0.1) is 0 Å². The number of carbonyl (C=O) groups is 1. The molecule has 0 bridgehead atoms. The summed E-state index contributed by atoms with van der Waals surface area (Å²) in [5, 5.41) is 0. The molecule has 2 unspecified atom stereocenters. The molecule has 5 heteroatoms. The van der Waals surface area contributed by atoms with E-state index in [1.807, 2.05) is 35.2 Å². The van der Waals surface area contributed by atoms with Gasteiger partial charge >= 0.3 is 0 Å². The maximum absolute atomic E-state index is 12.2. The number of hydrogen-bond acceptors (Lipinski definition) is 3. The molecule has 2 rings (SSSR count). The molecule has 1 saturated heterocycles. The molecular weight excluding hydrogens is 276 g/mol. The fraction of sp³-hybridized carbons (Fsp3) is 0.533. The van der Waals surface area contributed by atoms with Crippen molar-refractivity contribution in [1.29, 1.82) is 0 Å². The lowest BCUT2D eigenvalue weighted by molar-refractivity contribution is -0.139. The Morgan fingerprint density at radius 2 is 2.15 bits per heavy atom. The minimum absolute atomic E-state index is 0. The molecule has 2 atom stereocenters. The van der Waals surface area contributed by atoms with Gasteiger partial charge in [0.15, 0.2) is 0 Å². The van der Waals surface area contributed by atoms with Crippen molar-refractivity contribution in [3.63, 3.8) is 0 Å². The Hall–Kier alpha value is -1.10. The molecule has 1 fully saturated rings. The third-order valence-electron chi connectivity index (χ3n) is 3.57. The van der Waals surface area contributed by atoms with E-state index in [9.17, 15) is 4.79 Å². The molecule has 1 amide bonds. The first kappa shape index (κ1) is 17.0. The molecule has 1 aromatic carbocycles. The molecule has 0 saturated carbocycles. The van der Waals surface area contributed by atoms with Gasteiger partial charge in [0, 0.05) is 25.6 Å². The van der Waals surface area contributed by atoms with Gasteiger partial charge < -0.3 is 15.4 Å². The molecule has 0 aromatic heterocycles. The molecule has 2 N–H and O–H groups in total. The summed E-state index contributed by atoms with van der Waals surface area (Å²) in [6.45, 7) is 4.08. The monoisotopic (exact) mass is 298 g/mol. The van der Waals surface area contributed by atoms with Gasteiger partial charge in [0.1, 0.15) is 0 Å². The lowest BCUT2D eigenvalue weighted by atomic mass is 10.0. The Labute approximate surface area is 126 Å². The molecule has 0 spiro atoms. The second-order valence-corrected chi connectivity index (χ2v) is 4.96. The van der Waals surface area contributed by atoms with Crippen molar-refractivity contribution in [3.05, 3.63) is 35.9 Å². The highest BCUT2D eigenvalue weighted by atomic mass is 35.5. The van der Waals surface area contributed by atoms with Crippen LogP contribution in [-0.4, -0.2) is 36.6 Å². The molecule has 1 aromatic rings. The minimum atomic E-state index is -0.225. The summed E-state index contributed by atoms with van der Waals surface area (Å²) in [6.07, 6.45) is 1.47. The van der Waals surface area contributed by atoms with Gasteiger partial charge in [-0.1, -0.05) is 37.3 Å². The lowest BCUT2D eigenvalue weighted by Gasteiger charge is -2.33. The molecule has 1 aliphatic rings. The van der Waals surface area contributed by atoms with Gasteiger partial charge in [-0.05, 0) is 12.0 Å². The van der Waals surface area contributed by atoms with Crippen LogP contribution in [0.25, 0.3) is 0 Å². The van der Waals surface area contributed by atoms with Gasteiger partial charge in [-0.25, -0.2) is 0 Å². The van der Waals surface area contributed by atoms with E-state index in [1.165, 1.54) is 0 Å². The third-order valence-corrected chi connectivity index (χ3v) is 3.57. The standard InChI is InChI=1S/C15H22N2O2.ClH/c1-2-13-11-17(8-9-19-13)15(18)10-14(16)12-6-4-3-5-7-12;/h3-7,13-14H,2,8-11,16H2,1H3;1H. The summed E-state index contributed by atoms with van der Waals surface area (Å²) in [5.41, 5.74) is 7.10. The molecular formula is C15H23ClN2O2. The highest BCUT2D eigenvalue weighted by Gasteiger charge is 2.24. The van der Waals surface area contributed by atoms with Crippen LogP contribution >= 0.6 is 12.4 Å². The molecule has 4 nitrogen and oxygen atoms in total. The molecule has 1 heterocycles. The number of rotatable bonds is 4. The van der Waals surface area contributed by atoms with Crippen LogP contribution in [0.4, 0.5) is 0 Å². The minimum Gasteiger partial charge on any atom is -0.375 e. The van der Waals surface area contributed by atoms with Gasteiger partial charge in [-0.15, -0.1) is 12.4 Å². The summed E-state index contributed by atoms with van der Waals surface area (Å²) in [4.78, 5) is 14.1. The van der Waals surface area contributed by atoms with E-state index in [1.54, 1.807) is 0 Å². The zero-order chi connectivity index (χ0) is 13.7. The highest BCUT2D eigenvalue weighted by Crippen LogP contribution is 2.16. The Bertz CT molecular complexity index is 414. The van der Waals surface area contributed by atoms with E-state index >= 15 is 0 Å². The van der Waals surface area contributed by atoms with Crippen molar-refractivity contribution in [3.8, 4) is 0 Å². The fourth-order valence-corrected chi connectivity index (χ4v) is 2.33. The zero-order valence-corrected chi connectivity index (χ0v) is 12.6. The number of hydrogen-bond donors (Lipinski definition) is 1. The SMILES string of the molecule is CCC1CN(C(=O)CC(N)c2ccccc2)CCO1.Cl. The van der Waals surface area contributed by atoms with Crippen molar-refractivity contribution in [2.45, 2.75) is 31.9 Å². The normalized spacial score (nSPS) is 20.1. The Morgan fingerprint density at radius 3 is 2.80 bits per heavy atom. The summed E-state index contributed by atoms with van der Waals surface area (Å²) in [5.74, 6) is 0.123. The van der Waals surface area contributed by atoms with Gasteiger partial charge in [-0.2, -0.15) is 0 Å². The fourth-order valence-electron chi connectivity index (χ4n) is 2.33. The summed E-state index contributed by atoms with van der Waals surface area (Å²) in [7, 11) is 0. The van der Waals surface area contributed by atoms with Crippen molar-refractivity contribution in [2.75, 3.05) is 19.7 Å². The van der Waals surface area contributed by atoms with Crippen molar-refractivity contribution in [2.24, 2.45) is 5.73 Å². The maximum atomic E-state index is 12.2. The Kier molecular flexibility index (Phi) is 6.99. The van der Waals surface area contributed by atoms with Crippen LogP contribution in [0.1, 0.15) is 31.4 Å². The largest absolute Gasteiger partial charge is 0.375 e. The van der Waals surface area contributed by atoms with E-state index in [2.05, 4.69) is 6.92 Å². The first-order valence-electron chi connectivity index (χ1n) is 6.90. The van der Waals surface area contributed by atoms with Crippen molar-refractivity contribution < 1.29 is 9.53 Å². The maximum Gasteiger partial charge on any atom is 0.224 e. The lowest BCUT2D eigenvalue weighted by Crippen LogP contribution is -2.46. The smallest absolute Gasteiger partial charge is 0.224 e. The van der Waals surface area contributed by atoms with Crippen LogP contribution in [0.15, 0.2) is 30.3 Å². The summed E-state index contributed by atoms with van der Waals surface area (Å²) >= 11 is 0. The van der Waals surface area contributed by atoms with Gasteiger partial charge in [0.2, 0.25) is 5.91 Å². The average molecular weight is 299 g/mol. The number of morpholine rings is 1. The van der Waals surface area contributed by atoms with Gasteiger partial charge in [-0.3, -0.25) is 4.79 Å². The predicted molar refractivity (Wildman–Crippen MR) is 81.8 cm³/mol. The zero-order valence-electron chi connectivity index (χ0n) is 11.8. The number of carbonyl (C=O) groups excluding carboxylic acids is 1. The van der Waals surface area contributed by atoms with E-state index in [0.29, 0.717) is 26.1 Å². The van der Waals surface area contributed by atoms with Crippen molar-refractivity contribution >= 4 is 18.3 Å². The predicted octanol–water partition coefficient (Wildman–Crippen LogP) is 2.14. The van der Waals surface area contributed by atoms with Crippen molar-refractivity contribution in [1.82, 2.24) is 4.90 Å². The second kappa shape index (κ2) is 8.25. The quantitative estimate of drug-likeness (QED) is 0.926. The third kappa shape index (κ3) is 4.47. The van der Waals surface area contributed by atoms with Crippen LogP contribution < -0.4 is 5.73 Å². The van der Waals surface area contributed by atoms with E-state index in [-0.39, 0.29) is 30.5 Å². The van der Waals surface area contributed by atoms with Gasteiger partial charge in [0.05, 0.1) is 12.7 Å². The molecule has 0 radical (unpaired) electrons. The molecule has 0 aliphatic carbocycles. The first-order valence-corrected chi connectivity index (χ1v) is 6.90. The van der Waals surface area contributed by atoms with Crippen LogP contribution in [0.5, 0.6) is 0 Å². The summed E-state index contributed by atoms with van der Waals surface area (Å²) < 4.78 is 5.57. The summed E-state index contributed by atoms with van der Waals surface area (Å²) in [6, 6.07) is 9.55. The highest BCUT2D eigenvalue weighted by molar-refractivity contribution is 5.85. The molecule has 20 heavy (non-hydrogen) atoms. The Morgan fingerprint density at radius 1 is 1.45 bits per heavy atom. The first-order chi connectivity index (χ1) is 9.20. The van der Waals surface area contributed by atoms with Gasteiger partial charge in [0.25, 0.3) is 0 Å². The number of nitrogens with two attached hydrogens (primary N) is 1. The number of amides is 1. The number of nitrogens with zero attached hydrogens (tertiary/aromatic N) is 1. The van der Waals surface area contributed by atoms with E-state index in [0.717, 1.165) is 12.0 Å². The molecule has 1 aliphatic heterocycles. The number of halogens is 1. The average Bonchev–Trinajstić information content (AvgIpc) is 2.48. The number of benzene rings is 1. The van der Waals surface area contributed by atoms with E-state index < -0.39 is 0 Å². The van der Waals surface area contributed by atoms with E-state index in [4.69, 9.17) is 10.5 Å².